The van der Waals surface area contributed by atoms with Gasteiger partial charge in [0.2, 0.25) is 0 Å². The van der Waals surface area contributed by atoms with Crippen molar-refractivity contribution in [3.63, 3.8) is 0 Å². The average Bonchev–Trinajstić information content (AvgIpc) is 2.26. The number of anilines is 1. The summed E-state index contributed by atoms with van der Waals surface area (Å²) in [6, 6.07) is 3.25. The molecule has 0 fully saturated rings. The van der Waals surface area contributed by atoms with E-state index in [0.717, 1.165) is 0 Å². The molecule has 0 amide bonds. The van der Waals surface area contributed by atoms with E-state index in [2.05, 4.69) is 4.98 Å². The van der Waals surface area contributed by atoms with Crippen LogP contribution in [0, 0.1) is 0 Å². The smallest absolute Gasteiger partial charge is 0.0785 e. The first-order valence-corrected chi connectivity index (χ1v) is 6.05. The van der Waals surface area contributed by atoms with Crippen molar-refractivity contribution in [2.45, 2.75) is 0 Å². The van der Waals surface area contributed by atoms with E-state index in [9.17, 15) is 0 Å². The third kappa shape index (κ3) is 2.45. The molecule has 0 spiro atoms. The second-order valence-electron chi connectivity index (χ2n) is 3.35. The summed E-state index contributed by atoms with van der Waals surface area (Å²) >= 11 is 24.1. The van der Waals surface area contributed by atoms with Gasteiger partial charge in [-0.15, -0.1) is 0 Å². The van der Waals surface area contributed by atoms with E-state index < -0.39 is 0 Å². The molecule has 0 radical (unpaired) electrons. The Kier molecular flexibility index (Phi) is 3.69. The van der Waals surface area contributed by atoms with Gasteiger partial charge in [0, 0.05) is 23.5 Å². The molecule has 0 aliphatic rings. The summed E-state index contributed by atoms with van der Waals surface area (Å²) in [6.45, 7) is 0. The molecule has 2 nitrogen and oxygen atoms in total. The van der Waals surface area contributed by atoms with Crippen LogP contribution in [-0.4, -0.2) is 4.98 Å². The van der Waals surface area contributed by atoms with Gasteiger partial charge in [0.1, 0.15) is 0 Å². The SMILES string of the molecule is Nc1cncc(-c2c(Cl)cc(Cl)c(Cl)c2Cl)c1. The van der Waals surface area contributed by atoms with Crippen LogP contribution in [0.3, 0.4) is 0 Å². The molecule has 0 aliphatic carbocycles. The van der Waals surface area contributed by atoms with Crippen LogP contribution in [0.2, 0.25) is 20.1 Å². The molecule has 0 aliphatic heterocycles. The topological polar surface area (TPSA) is 38.9 Å². The van der Waals surface area contributed by atoms with Gasteiger partial charge in [-0.05, 0) is 12.1 Å². The molecule has 0 saturated carbocycles. The summed E-state index contributed by atoms with van der Waals surface area (Å²) in [6.07, 6.45) is 3.14. The van der Waals surface area contributed by atoms with Crippen molar-refractivity contribution < 1.29 is 0 Å². The van der Waals surface area contributed by atoms with Crippen molar-refractivity contribution in [3.05, 3.63) is 44.6 Å². The molecule has 2 rings (SSSR count). The summed E-state index contributed by atoms with van der Waals surface area (Å²) in [5, 5.41) is 1.26. The largest absolute Gasteiger partial charge is 0.397 e. The highest BCUT2D eigenvalue weighted by Crippen LogP contribution is 2.42. The number of nitrogens with zero attached hydrogens (tertiary/aromatic N) is 1. The molecular formula is C11H6Cl4N2. The first-order valence-electron chi connectivity index (χ1n) is 4.54. The minimum Gasteiger partial charge on any atom is -0.397 e. The Morgan fingerprint density at radius 1 is 0.882 bits per heavy atom. The number of nitrogen functional groups attached to an aromatic ring is 1. The molecule has 0 atom stereocenters. The predicted octanol–water partition coefficient (Wildman–Crippen LogP) is 4.94. The Balaban J connectivity index is 2.72. The Bertz CT molecular complexity index is 584. The molecule has 2 N–H and O–H groups in total. The number of rotatable bonds is 1. The van der Waals surface area contributed by atoms with Gasteiger partial charge in [-0.3, -0.25) is 4.98 Å². The summed E-state index contributed by atoms with van der Waals surface area (Å²) < 4.78 is 0. The molecular weight excluding hydrogens is 302 g/mol. The van der Waals surface area contributed by atoms with Gasteiger partial charge < -0.3 is 5.73 Å². The fourth-order valence-corrected chi connectivity index (χ4v) is 2.56. The maximum Gasteiger partial charge on any atom is 0.0785 e. The third-order valence-corrected chi connectivity index (χ3v) is 3.72. The molecule has 2 aromatic rings. The lowest BCUT2D eigenvalue weighted by molar-refractivity contribution is 1.33. The van der Waals surface area contributed by atoms with Crippen LogP contribution in [0.5, 0.6) is 0 Å². The average molecular weight is 308 g/mol. The van der Waals surface area contributed by atoms with E-state index in [1.165, 1.54) is 12.3 Å². The molecule has 0 bridgehead atoms. The maximum absolute atomic E-state index is 6.12. The molecule has 0 saturated heterocycles. The molecule has 6 heteroatoms. The van der Waals surface area contributed by atoms with E-state index in [4.69, 9.17) is 52.1 Å². The van der Waals surface area contributed by atoms with Crippen molar-refractivity contribution in [2.75, 3.05) is 5.73 Å². The van der Waals surface area contributed by atoms with Gasteiger partial charge in [-0.1, -0.05) is 46.4 Å². The molecule has 88 valence electrons. The Morgan fingerprint density at radius 2 is 1.59 bits per heavy atom. The van der Waals surface area contributed by atoms with Gasteiger partial charge in [0.05, 0.1) is 25.8 Å². The zero-order valence-corrected chi connectivity index (χ0v) is 11.4. The van der Waals surface area contributed by atoms with Crippen LogP contribution in [0.25, 0.3) is 11.1 Å². The van der Waals surface area contributed by atoms with Gasteiger partial charge in [0.25, 0.3) is 0 Å². The summed E-state index contributed by atoms with van der Waals surface area (Å²) in [4.78, 5) is 3.98. The first kappa shape index (κ1) is 12.8. The molecule has 1 aromatic heterocycles. The highest BCUT2D eigenvalue weighted by Gasteiger charge is 2.15. The van der Waals surface area contributed by atoms with Crippen LogP contribution in [-0.2, 0) is 0 Å². The number of hydrogen-bond donors (Lipinski definition) is 1. The predicted molar refractivity (Wildman–Crippen MR) is 74.1 cm³/mol. The van der Waals surface area contributed by atoms with Crippen molar-refractivity contribution >= 4 is 52.1 Å². The monoisotopic (exact) mass is 306 g/mol. The fourth-order valence-electron chi connectivity index (χ4n) is 1.43. The Morgan fingerprint density at radius 3 is 2.24 bits per heavy atom. The minimum absolute atomic E-state index is 0.259. The molecule has 1 heterocycles. The number of halogens is 4. The maximum atomic E-state index is 6.12. The van der Waals surface area contributed by atoms with Crippen molar-refractivity contribution in [2.24, 2.45) is 0 Å². The lowest BCUT2D eigenvalue weighted by Gasteiger charge is -2.10. The van der Waals surface area contributed by atoms with Crippen LogP contribution >= 0.6 is 46.4 Å². The van der Waals surface area contributed by atoms with Gasteiger partial charge in [0.15, 0.2) is 0 Å². The number of benzene rings is 1. The minimum atomic E-state index is 0.259. The second-order valence-corrected chi connectivity index (χ2v) is 4.92. The lowest BCUT2D eigenvalue weighted by atomic mass is 10.1. The quantitative estimate of drug-likeness (QED) is 0.598. The second kappa shape index (κ2) is 4.91. The standard InChI is InChI=1S/C11H6Cl4N2/c12-7-2-8(13)10(14)11(15)9(7)5-1-6(16)4-17-3-5/h1-4H,16H2. The highest BCUT2D eigenvalue weighted by molar-refractivity contribution is 6.51. The summed E-state index contributed by atoms with van der Waals surface area (Å²) in [5.41, 5.74) is 7.44. The normalized spacial score (nSPS) is 10.6. The summed E-state index contributed by atoms with van der Waals surface area (Å²) in [5.74, 6) is 0. The molecule has 1 aromatic carbocycles. The van der Waals surface area contributed by atoms with Crippen LogP contribution < -0.4 is 5.73 Å². The van der Waals surface area contributed by atoms with Gasteiger partial charge >= 0.3 is 0 Å². The summed E-state index contributed by atoms with van der Waals surface area (Å²) in [7, 11) is 0. The van der Waals surface area contributed by atoms with Crippen LogP contribution in [0.4, 0.5) is 5.69 Å². The van der Waals surface area contributed by atoms with E-state index in [-0.39, 0.29) is 10.0 Å². The van der Waals surface area contributed by atoms with Crippen molar-refractivity contribution in [1.29, 1.82) is 0 Å². The van der Waals surface area contributed by atoms with E-state index in [1.807, 2.05) is 0 Å². The third-order valence-electron chi connectivity index (χ3n) is 2.16. The van der Waals surface area contributed by atoms with Crippen molar-refractivity contribution in [3.8, 4) is 11.1 Å². The number of hydrogen-bond acceptors (Lipinski definition) is 2. The highest BCUT2D eigenvalue weighted by atomic mass is 35.5. The lowest BCUT2D eigenvalue weighted by Crippen LogP contribution is -1.90. The fraction of sp³-hybridized carbons (Fsp3) is 0. The number of nitrogens with two attached hydrogens (primary N) is 1. The zero-order valence-electron chi connectivity index (χ0n) is 8.35. The molecule has 0 unspecified atom stereocenters. The van der Waals surface area contributed by atoms with Crippen molar-refractivity contribution in [1.82, 2.24) is 4.98 Å². The van der Waals surface area contributed by atoms with Crippen LogP contribution in [0.1, 0.15) is 0 Å². The molecule has 17 heavy (non-hydrogen) atoms. The van der Waals surface area contributed by atoms with Gasteiger partial charge in [-0.2, -0.15) is 0 Å². The number of pyridine rings is 1. The zero-order chi connectivity index (χ0) is 12.6. The Labute approximate surface area is 118 Å². The number of aromatic nitrogens is 1. The first-order chi connectivity index (χ1) is 8.00. The van der Waals surface area contributed by atoms with Crippen LogP contribution in [0.15, 0.2) is 24.5 Å². The van der Waals surface area contributed by atoms with E-state index in [0.29, 0.717) is 26.9 Å². The Hall–Kier alpha value is -0.670. The van der Waals surface area contributed by atoms with E-state index in [1.54, 1.807) is 12.3 Å². The van der Waals surface area contributed by atoms with E-state index >= 15 is 0 Å². The van der Waals surface area contributed by atoms with Gasteiger partial charge in [-0.25, -0.2) is 0 Å².